The molecular formula is C15H13N3. The highest BCUT2D eigenvalue weighted by molar-refractivity contribution is 5.84. The summed E-state index contributed by atoms with van der Waals surface area (Å²) in [6.45, 7) is 0.743. The zero-order chi connectivity index (χ0) is 12.2. The summed E-state index contributed by atoms with van der Waals surface area (Å²) >= 11 is 0. The van der Waals surface area contributed by atoms with Gasteiger partial charge >= 0.3 is 0 Å². The van der Waals surface area contributed by atoms with Crippen LogP contribution in [0.25, 0.3) is 16.8 Å². The van der Waals surface area contributed by atoms with E-state index in [1.165, 1.54) is 16.3 Å². The molecule has 0 aliphatic rings. The number of hydrogen-bond acceptors (Lipinski definition) is 2. The summed E-state index contributed by atoms with van der Waals surface area (Å²) < 4.78 is 1.79. The van der Waals surface area contributed by atoms with E-state index in [1.807, 2.05) is 0 Å². The molecule has 0 atom stereocenters. The quantitative estimate of drug-likeness (QED) is 0.698. The Balaban J connectivity index is 1.80. The maximum atomic E-state index is 4.05. The van der Waals surface area contributed by atoms with Crippen LogP contribution in [-0.4, -0.2) is 14.8 Å². The Morgan fingerprint density at radius 3 is 2.78 bits per heavy atom. The highest BCUT2D eigenvalue weighted by Crippen LogP contribution is 2.16. The third-order valence-corrected chi connectivity index (χ3v) is 2.84. The van der Waals surface area contributed by atoms with E-state index in [0.29, 0.717) is 0 Å². The summed E-state index contributed by atoms with van der Waals surface area (Å²) in [5.74, 6) is 0. The minimum absolute atomic E-state index is 0.743. The van der Waals surface area contributed by atoms with Crippen LogP contribution in [0.5, 0.6) is 0 Å². The molecule has 3 aromatic rings. The van der Waals surface area contributed by atoms with E-state index in [9.17, 15) is 0 Å². The van der Waals surface area contributed by atoms with Crippen LogP contribution in [0.1, 0.15) is 5.56 Å². The van der Waals surface area contributed by atoms with Crippen molar-refractivity contribution in [3.8, 4) is 0 Å². The Morgan fingerprint density at radius 1 is 1.06 bits per heavy atom. The molecule has 1 heterocycles. The standard InChI is InChI=1S/C15H13N3/c1-2-6-15-10-13(7-8-14(15)5-1)4-3-9-18-12-16-11-17-18/h1-8,10-12H,9H2/b4-3+. The maximum absolute atomic E-state index is 4.05. The SMILES string of the molecule is C(=C\c1ccc2ccccc2c1)/Cn1cncn1. The van der Waals surface area contributed by atoms with Gasteiger partial charge in [-0.3, -0.25) is 0 Å². The fraction of sp³-hybridized carbons (Fsp3) is 0.0667. The third kappa shape index (κ3) is 2.30. The number of rotatable bonds is 3. The Kier molecular flexibility index (Phi) is 2.88. The number of benzene rings is 2. The van der Waals surface area contributed by atoms with Crippen molar-refractivity contribution in [2.24, 2.45) is 0 Å². The average Bonchev–Trinajstić information content (AvgIpc) is 2.92. The normalized spacial score (nSPS) is 11.3. The zero-order valence-electron chi connectivity index (χ0n) is 9.90. The van der Waals surface area contributed by atoms with Gasteiger partial charge in [-0.2, -0.15) is 5.10 Å². The van der Waals surface area contributed by atoms with E-state index in [2.05, 4.69) is 64.7 Å². The van der Waals surface area contributed by atoms with Gasteiger partial charge in [-0.1, -0.05) is 48.6 Å². The molecule has 0 unspecified atom stereocenters. The molecule has 0 spiro atoms. The minimum Gasteiger partial charge on any atom is -0.249 e. The van der Waals surface area contributed by atoms with Gasteiger partial charge in [0, 0.05) is 0 Å². The average molecular weight is 235 g/mol. The van der Waals surface area contributed by atoms with E-state index >= 15 is 0 Å². The molecule has 2 aromatic carbocycles. The topological polar surface area (TPSA) is 30.7 Å². The lowest BCUT2D eigenvalue weighted by Crippen LogP contribution is -1.94. The number of allylic oxidation sites excluding steroid dienone is 1. The van der Waals surface area contributed by atoms with Crippen LogP contribution in [0, 0.1) is 0 Å². The summed E-state index contributed by atoms with van der Waals surface area (Å²) in [6.07, 6.45) is 7.45. The van der Waals surface area contributed by atoms with Gasteiger partial charge in [-0.05, 0) is 22.4 Å². The molecule has 3 heteroatoms. The molecule has 0 aliphatic carbocycles. The van der Waals surface area contributed by atoms with Gasteiger partial charge in [-0.25, -0.2) is 9.67 Å². The molecule has 1 aromatic heterocycles. The van der Waals surface area contributed by atoms with Crippen LogP contribution in [0.15, 0.2) is 61.2 Å². The van der Waals surface area contributed by atoms with Crippen molar-refractivity contribution in [1.29, 1.82) is 0 Å². The van der Waals surface area contributed by atoms with E-state index in [4.69, 9.17) is 0 Å². The van der Waals surface area contributed by atoms with Crippen molar-refractivity contribution in [3.63, 3.8) is 0 Å². The van der Waals surface area contributed by atoms with Crippen molar-refractivity contribution in [2.75, 3.05) is 0 Å². The second-order valence-corrected chi connectivity index (χ2v) is 4.13. The van der Waals surface area contributed by atoms with Crippen LogP contribution in [0.3, 0.4) is 0 Å². The zero-order valence-corrected chi connectivity index (χ0v) is 9.90. The summed E-state index contributed by atoms with van der Waals surface area (Å²) in [5.41, 5.74) is 1.20. The molecule has 0 radical (unpaired) electrons. The lowest BCUT2D eigenvalue weighted by atomic mass is 10.1. The summed E-state index contributed by atoms with van der Waals surface area (Å²) in [7, 11) is 0. The smallest absolute Gasteiger partial charge is 0.137 e. The number of aromatic nitrogens is 3. The van der Waals surface area contributed by atoms with Crippen molar-refractivity contribution in [2.45, 2.75) is 6.54 Å². The van der Waals surface area contributed by atoms with Gasteiger partial charge in [0.1, 0.15) is 12.7 Å². The molecule has 0 saturated carbocycles. The predicted octanol–water partition coefficient (Wildman–Crippen LogP) is 3.14. The van der Waals surface area contributed by atoms with Crippen LogP contribution in [-0.2, 0) is 6.54 Å². The van der Waals surface area contributed by atoms with Crippen molar-refractivity contribution < 1.29 is 0 Å². The maximum Gasteiger partial charge on any atom is 0.137 e. The highest BCUT2D eigenvalue weighted by Gasteiger charge is 1.92. The molecule has 0 amide bonds. The summed E-state index contributed by atoms with van der Waals surface area (Å²) in [5, 5.41) is 6.59. The molecule has 0 fully saturated rings. The molecule has 0 N–H and O–H groups in total. The molecule has 0 bridgehead atoms. The number of fused-ring (bicyclic) bond motifs is 1. The molecule has 3 nitrogen and oxygen atoms in total. The lowest BCUT2D eigenvalue weighted by molar-refractivity contribution is 0.701. The fourth-order valence-corrected chi connectivity index (χ4v) is 1.94. The van der Waals surface area contributed by atoms with Crippen molar-refractivity contribution >= 4 is 16.8 Å². The molecular weight excluding hydrogens is 222 g/mol. The largest absolute Gasteiger partial charge is 0.249 e. The van der Waals surface area contributed by atoms with E-state index in [0.717, 1.165) is 6.54 Å². The van der Waals surface area contributed by atoms with Gasteiger partial charge in [0.15, 0.2) is 0 Å². The molecule has 88 valence electrons. The Labute approximate surface area is 105 Å². The van der Waals surface area contributed by atoms with Gasteiger partial charge in [0.2, 0.25) is 0 Å². The second-order valence-electron chi connectivity index (χ2n) is 4.13. The van der Waals surface area contributed by atoms with E-state index in [1.54, 1.807) is 17.3 Å². The molecule has 18 heavy (non-hydrogen) atoms. The first-order valence-corrected chi connectivity index (χ1v) is 5.89. The fourth-order valence-electron chi connectivity index (χ4n) is 1.94. The lowest BCUT2D eigenvalue weighted by Gasteiger charge is -1.99. The molecule has 3 rings (SSSR count). The van der Waals surface area contributed by atoms with Gasteiger partial charge in [0.25, 0.3) is 0 Å². The number of hydrogen-bond donors (Lipinski definition) is 0. The number of nitrogens with zero attached hydrogens (tertiary/aromatic N) is 3. The molecule has 0 saturated heterocycles. The van der Waals surface area contributed by atoms with Gasteiger partial charge < -0.3 is 0 Å². The second kappa shape index (κ2) is 4.84. The van der Waals surface area contributed by atoms with Crippen LogP contribution in [0.4, 0.5) is 0 Å². The minimum atomic E-state index is 0.743. The monoisotopic (exact) mass is 235 g/mol. The van der Waals surface area contributed by atoms with Gasteiger partial charge in [-0.15, -0.1) is 0 Å². The van der Waals surface area contributed by atoms with Crippen molar-refractivity contribution in [3.05, 3.63) is 66.8 Å². The third-order valence-electron chi connectivity index (χ3n) is 2.84. The Morgan fingerprint density at radius 2 is 1.94 bits per heavy atom. The highest BCUT2D eigenvalue weighted by atomic mass is 15.3. The van der Waals surface area contributed by atoms with Crippen LogP contribution in [0.2, 0.25) is 0 Å². The molecule has 0 aliphatic heterocycles. The van der Waals surface area contributed by atoms with Gasteiger partial charge in [0.05, 0.1) is 6.54 Å². The summed E-state index contributed by atoms with van der Waals surface area (Å²) in [6, 6.07) is 14.8. The van der Waals surface area contributed by atoms with E-state index < -0.39 is 0 Å². The summed E-state index contributed by atoms with van der Waals surface area (Å²) in [4.78, 5) is 3.91. The first-order chi connectivity index (χ1) is 8.92. The Bertz CT molecular complexity index is 669. The predicted molar refractivity (Wildman–Crippen MR) is 73.0 cm³/mol. The van der Waals surface area contributed by atoms with Crippen LogP contribution >= 0.6 is 0 Å². The van der Waals surface area contributed by atoms with Crippen molar-refractivity contribution in [1.82, 2.24) is 14.8 Å². The Hall–Kier alpha value is -2.42. The van der Waals surface area contributed by atoms with Crippen LogP contribution < -0.4 is 0 Å². The first-order valence-electron chi connectivity index (χ1n) is 5.89. The first kappa shape index (κ1) is 10.7. The van der Waals surface area contributed by atoms with E-state index in [-0.39, 0.29) is 0 Å².